The van der Waals surface area contributed by atoms with Crippen LogP contribution in [0.5, 0.6) is 5.75 Å². The number of aromatic hydroxyl groups is 1. The van der Waals surface area contributed by atoms with Crippen molar-refractivity contribution in [2.45, 2.75) is 84.5 Å². The molecule has 3 nitrogen and oxygen atoms in total. The molecule has 0 aliphatic rings. The number of hydrogen-bond donors (Lipinski definition) is 1. The van der Waals surface area contributed by atoms with Gasteiger partial charge in [0.1, 0.15) is 5.75 Å². The van der Waals surface area contributed by atoms with Crippen LogP contribution in [0.4, 0.5) is 0 Å². The van der Waals surface area contributed by atoms with Crippen LogP contribution in [0.15, 0.2) is 18.2 Å². The van der Waals surface area contributed by atoms with Crippen LogP contribution >= 0.6 is 0 Å². The van der Waals surface area contributed by atoms with Gasteiger partial charge in [0.05, 0.1) is 6.61 Å². The molecule has 1 aromatic carbocycles. The fraction of sp³-hybridized carbons (Fsp3) is 0.667. The molecule has 0 aromatic heterocycles. The maximum atomic E-state index is 11.9. The molecule has 1 aromatic rings. The Kier molecular flexibility index (Phi) is 11.0. The van der Waals surface area contributed by atoms with Gasteiger partial charge in [0.25, 0.3) is 0 Å². The molecular weight excluding hydrogens is 300 g/mol. The molecule has 0 fully saturated rings. The number of unbranched alkanes of at least 4 members (excludes halogenated alkanes) is 6. The predicted molar refractivity (Wildman–Crippen MR) is 99.4 cm³/mol. The van der Waals surface area contributed by atoms with Gasteiger partial charge in [-0.25, -0.2) is 0 Å². The van der Waals surface area contributed by atoms with E-state index >= 15 is 0 Å². The zero-order valence-corrected chi connectivity index (χ0v) is 15.5. The summed E-state index contributed by atoms with van der Waals surface area (Å²) in [6.45, 7) is 4.91. The lowest BCUT2D eigenvalue weighted by Crippen LogP contribution is -2.08. The van der Waals surface area contributed by atoms with Crippen molar-refractivity contribution in [1.82, 2.24) is 0 Å². The Balaban J connectivity index is 2.26. The van der Waals surface area contributed by atoms with Gasteiger partial charge in [-0.05, 0) is 48.9 Å². The van der Waals surface area contributed by atoms with Gasteiger partial charge in [-0.2, -0.15) is 0 Å². The van der Waals surface area contributed by atoms with Crippen LogP contribution in [-0.4, -0.2) is 17.7 Å². The van der Waals surface area contributed by atoms with Crippen LogP contribution in [-0.2, 0) is 22.4 Å². The van der Waals surface area contributed by atoms with E-state index in [1.165, 1.54) is 25.7 Å². The van der Waals surface area contributed by atoms with Crippen LogP contribution in [0.25, 0.3) is 0 Å². The van der Waals surface area contributed by atoms with Crippen molar-refractivity contribution in [1.29, 1.82) is 0 Å². The molecule has 0 aliphatic carbocycles. The van der Waals surface area contributed by atoms with E-state index in [4.69, 9.17) is 4.74 Å². The predicted octanol–water partition coefficient (Wildman–Crippen LogP) is 5.57. The van der Waals surface area contributed by atoms with Crippen molar-refractivity contribution in [3.05, 3.63) is 29.3 Å². The van der Waals surface area contributed by atoms with Crippen molar-refractivity contribution in [2.75, 3.05) is 6.61 Å². The highest BCUT2D eigenvalue weighted by Crippen LogP contribution is 2.20. The quantitative estimate of drug-likeness (QED) is 0.379. The van der Waals surface area contributed by atoms with E-state index in [-0.39, 0.29) is 5.97 Å². The Bertz CT molecular complexity index is 468. The third kappa shape index (κ3) is 8.95. The largest absolute Gasteiger partial charge is 0.508 e. The minimum Gasteiger partial charge on any atom is -0.508 e. The maximum Gasteiger partial charge on any atom is 0.306 e. The minimum absolute atomic E-state index is 0.113. The summed E-state index contributed by atoms with van der Waals surface area (Å²) in [5, 5.41) is 9.64. The molecule has 3 heteroatoms. The van der Waals surface area contributed by atoms with Crippen molar-refractivity contribution in [3.8, 4) is 5.75 Å². The number of phenols is 1. The summed E-state index contributed by atoms with van der Waals surface area (Å²) in [5.74, 6) is 0.188. The summed E-state index contributed by atoms with van der Waals surface area (Å²) in [5.41, 5.74) is 2.30. The van der Waals surface area contributed by atoms with Gasteiger partial charge < -0.3 is 9.84 Å². The molecule has 1 N–H and O–H groups in total. The van der Waals surface area contributed by atoms with Crippen LogP contribution in [0.1, 0.15) is 82.8 Å². The molecule has 0 heterocycles. The van der Waals surface area contributed by atoms with Gasteiger partial charge in [-0.15, -0.1) is 0 Å². The average Bonchev–Trinajstić information content (AvgIpc) is 2.58. The summed E-state index contributed by atoms with van der Waals surface area (Å²) >= 11 is 0. The number of aryl methyl sites for hydroxylation is 2. The van der Waals surface area contributed by atoms with Gasteiger partial charge >= 0.3 is 5.97 Å². The third-order valence-electron chi connectivity index (χ3n) is 4.35. The second kappa shape index (κ2) is 12.9. The molecule has 0 radical (unpaired) electrons. The van der Waals surface area contributed by atoms with Crippen molar-refractivity contribution in [2.24, 2.45) is 0 Å². The second-order valence-electron chi connectivity index (χ2n) is 6.54. The second-order valence-corrected chi connectivity index (χ2v) is 6.54. The smallest absolute Gasteiger partial charge is 0.306 e. The molecule has 0 bridgehead atoms. The lowest BCUT2D eigenvalue weighted by molar-refractivity contribution is -0.143. The van der Waals surface area contributed by atoms with E-state index in [9.17, 15) is 9.90 Å². The zero-order chi connectivity index (χ0) is 17.6. The topological polar surface area (TPSA) is 46.5 Å². The molecule has 0 spiro atoms. The number of carbonyl (C=O) groups excluding carboxylic acids is 1. The minimum atomic E-state index is -0.113. The van der Waals surface area contributed by atoms with Gasteiger partial charge in [0.15, 0.2) is 0 Å². The van der Waals surface area contributed by atoms with E-state index in [2.05, 4.69) is 13.8 Å². The SMILES string of the molecule is CCCCCCCCOC(=O)CCc1ccc(O)cc1CCCC. The maximum absolute atomic E-state index is 11.9. The Morgan fingerprint density at radius 2 is 1.62 bits per heavy atom. The number of carbonyl (C=O) groups is 1. The van der Waals surface area contributed by atoms with Crippen molar-refractivity contribution in [3.63, 3.8) is 0 Å². The fourth-order valence-corrected chi connectivity index (χ4v) is 2.83. The Morgan fingerprint density at radius 3 is 2.38 bits per heavy atom. The standard InChI is InChI=1S/C21H34O3/c1-3-5-7-8-9-10-16-24-21(23)15-13-18-12-14-20(22)17-19(18)11-6-4-2/h12,14,17,22H,3-11,13,15-16H2,1-2H3. The van der Waals surface area contributed by atoms with Gasteiger partial charge in [0.2, 0.25) is 0 Å². The lowest BCUT2D eigenvalue weighted by Gasteiger charge is -2.10. The van der Waals surface area contributed by atoms with E-state index in [0.29, 0.717) is 25.2 Å². The van der Waals surface area contributed by atoms with Crippen molar-refractivity contribution >= 4 is 5.97 Å². The zero-order valence-electron chi connectivity index (χ0n) is 15.5. The first kappa shape index (κ1) is 20.5. The molecule has 0 saturated heterocycles. The van der Waals surface area contributed by atoms with E-state index in [1.54, 1.807) is 6.07 Å². The summed E-state index contributed by atoms with van der Waals surface area (Å²) < 4.78 is 5.33. The first-order chi connectivity index (χ1) is 11.7. The first-order valence-electron chi connectivity index (χ1n) is 9.63. The number of hydrogen-bond acceptors (Lipinski definition) is 3. The number of ether oxygens (including phenoxy) is 1. The van der Waals surface area contributed by atoms with E-state index < -0.39 is 0 Å². The van der Waals surface area contributed by atoms with Crippen LogP contribution in [0.3, 0.4) is 0 Å². The third-order valence-corrected chi connectivity index (χ3v) is 4.35. The monoisotopic (exact) mass is 334 g/mol. The highest BCUT2D eigenvalue weighted by molar-refractivity contribution is 5.69. The number of phenolic OH excluding ortho intramolecular Hbond substituents is 1. The summed E-state index contributed by atoms with van der Waals surface area (Å²) in [4.78, 5) is 11.9. The Morgan fingerprint density at radius 1 is 0.917 bits per heavy atom. The van der Waals surface area contributed by atoms with E-state index in [1.807, 2.05) is 12.1 Å². The van der Waals surface area contributed by atoms with Crippen LogP contribution < -0.4 is 0 Å². The fourth-order valence-electron chi connectivity index (χ4n) is 2.83. The Hall–Kier alpha value is -1.51. The summed E-state index contributed by atoms with van der Waals surface area (Å²) in [6.07, 6.45) is 11.5. The van der Waals surface area contributed by atoms with Gasteiger partial charge in [0, 0.05) is 6.42 Å². The molecule has 0 atom stereocenters. The average molecular weight is 335 g/mol. The number of benzene rings is 1. The number of esters is 1. The lowest BCUT2D eigenvalue weighted by atomic mass is 9.98. The Labute approximate surface area is 147 Å². The molecule has 0 aliphatic heterocycles. The summed E-state index contributed by atoms with van der Waals surface area (Å²) in [7, 11) is 0. The van der Waals surface area contributed by atoms with Crippen molar-refractivity contribution < 1.29 is 14.6 Å². The molecule has 1 rings (SSSR count). The van der Waals surface area contributed by atoms with E-state index in [0.717, 1.165) is 43.2 Å². The first-order valence-corrected chi connectivity index (χ1v) is 9.63. The van der Waals surface area contributed by atoms with Gasteiger partial charge in [-0.1, -0.05) is 58.4 Å². The van der Waals surface area contributed by atoms with Gasteiger partial charge in [-0.3, -0.25) is 4.79 Å². The molecule has 24 heavy (non-hydrogen) atoms. The van der Waals surface area contributed by atoms with Crippen LogP contribution in [0, 0.1) is 0 Å². The van der Waals surface area contributed by atoms with Crippen LogP contribution in [0.2, 0.25) is 0 Å². The molecule has 0 saturated carbocycles. The molecule has 0 amide bonds. The highest BCUT2D eigenvalue weighted by atomic mass is 16.5. The molecular formula is C21H34O3. The summed E-state index contributed by atoms with van der Waals surface area (Å²) in [6, 6.07) is 5.46. The molecule has 0 unspecified atom stereocenters. The molecule has 136 valence electrons. The number of rotatable bonds is 13. The highest BCUT2D eigenvalue weighted by Gasteiger charge is 2.08. The normalized spacial score (nSPS) is 10.8.